The van der Waals surface area contributed by atoms with Crippen molar-refractivity contribution in [1.82, 2.24) is 9.97 Å². The number of ether oxygens (including phenoxy) is 1. The van der Waals surface area contributed by atoms with Crippen LogP contribution in [0.15, 0.2) is 53.9 Å². The van der Waals surface area contributed by atoms with Gasteiger partial charge in [-0.15, -0.1) is 11.3 Å². The molecule has 1 saturated heterocycles. The van der Waals surface area contributed by atoms with E-state index in [1.54, 1.807) is 11.3 Å². The first-order valence-corrected chi connectivity index (χ1v) is 11.4. The number of fused-ring (bicyclic) bond motifs is 1. The Hall–Kier alpha value is -3.16. The largest absolute Gasteiger partial charge is 0.378 e. The molecular weight excluding hydrogens is 408 g/mol. The summed E-state index contributed by atoms with van der Waals surface area (Å²) in [4.78, 5) is 23.5. The molecule has 2 aromatic heterocycles. The molecule has 7 heteroatoms. The number of rotatable bonds is 5. The number of benzene rings is 2. The van der Waals surface area contributed by atoms with Gasteiger partial charge in [0.2, 0.25) is 0 Å². The minimum atomic E-state index is -0.136. The van der Waals surface area contributed by atoms with Crippen LogP contribution < -0.4 is 10.2 Å². The van der Waals surface area contributed by atoms with Gasteiger partial charge in [0.15, 0.2) is 0 Å². The van der Waals surface area contributed by atoms with Crippen molar-refractivity contribution in [3.8, 4) is 11.4 Å². The van der Waals surface area contributed by atoms with Gasteiger partial charge in [-0.2, -0.15) is 0 Å². The highest BCUT2D eigenvalue weighted by molar-refractivity contribution is 7.14. The maximum Gasteiger partial charge on any atom is 0.258 e. The average molecular weight is 433 g/mol. The van der Waals surface area contributed by atoms with Crippen LogP contribution in [0.4, 0.5) is 10.7 Å². The highest BCUT2D eigenvalue weighted by Crippen LogP contribution is 2.28. The fourth-order valence-corrected chi connectivity index (χ4v) is 4.80. The van der Waals surface area contributed by atoms with E-state index in [0.717, 1.165) is 65.9 Å². The Morgan fingerprint density at radius 1 is 1.19 bits per heavy atom. The quantitative estimate of drug-likeness (QED) is 0.469. The van der Waals surface area contributed by atoms with Crippen molar-refractivity contribution in [2.75, 3.05) is 36.5 Å². The summed E-state index contributed by atoms with van der Waals surface area (Å²) in [5.74, 6) is 0.624. The van der Waals surface area contributed by atoms with Gasteiger partial charge in [0.1, 0.15) is 11.3 Å². The van der Waals surface area contributed by atoms with Crippen LogP contribution in [0.5, 0.6) is 0 Å². The Bertz CT molecular complexity index is 1220. The number of carbonyl (C=O) groups excluding carboxylic acids is 1. The second kappa shape index (κ2) is 8.53. The molecule has 0 unspecified atom stereocenters. The van der Waals surface area contributed by atoms with Crippen LogP contribution in [0.2, 0.25) is 0 Å². The van der Waals surface area contributed by atoms with Gasteiger partial charge in [0.25, 0.3) is 5.91 Å². The Kier molecular flexibility index (Phi) is 5.44. The maximum atomic E-state index is 13.0. The first-order chi connectivity index (χ1) is 15.2. The molecule has 2 N–H and O–H groups in total. The molecule has 0 bridgehead atoms. The molecule has 1 aliphatic rings. The number of nitrogens with one attached hydrogen (secondary N) is 2. The topological polar surface area (TPSA) is 70.2 Å². The van der Waals surface area contributed by atoms with Crippen molar-refractivity contribution in [3.05, 3.63) is 65.0 Å². The van der Waals surface area contributed by atoms with Crippen molar-refractivity contribution in [2.24, 2.45) is 0 Å². The number of carbonyl (C=O) groups is 1. The van der Waals surface area contributed by atoms with Crippen molar-refractivity contribution in [1.29, 1.82) is 0 Å². The number of aryl methyl sites for hydroxylation is 1. The lowest BCUT2D eigenvalue weighted by Gasteiger charge is -2.29. The van der Waals surface area contributed by atoms with Crippen molar-refractivity contribution in [3.63, 3.8) is 0 Å². The number of aromatic amines is 1. The highest BCUT2D eigenvalue weighted by atomic mass is 32.1. The van der Waals surface area contributed by atoms with Crippen LogP contribution in [0, 0.1) is 0 Å². The van der Waals surface area contributed by atoms with Gasteiger partial charge >= 0.3 is 0 Å². The minimum Gasteiger partial charge on any atom is -0.378 e. The zero-order valence-electron chi connectivity index (χ0n) is 17.4. The summed E-state index contributed by atoms with van der Waals surface area (Å²) >= 11 is 1.55. The number of imidazole rings is 1. The molecule has 3 heterocycles. The van der Waals surface area contributed by atoms with Gasteiger partial charge < -0.3 is 19.9 Å². The molecular formula is C24H24N4O2S. The van der Waals surface area contributed by atoms with Crippen molar-refractivity contribution in [2.45, 2.75) is 13.3 Å². The number of hydrogen-bond acceptors (Lipinski definition) is 5. The molecule has 0 spiro atoms. The standard InChI is InChI=1S/C24H24N4O2S/c1-2-16-9-14-31-24(16)27-23(29)19-7-4-8-20-21(19)26-22(25-20)17-5-3-6-18(15-17)28-10-12-30-13-11-28/h3-9,14-15H,2,10-13H2,1H3,(H,25,26)(H,27,29). The normalized spacial score (nSPS) is 14.2. The van der Waals surface area contributed by atoms with Gasteiger partial charge in [-0.05, 0) is 47.7 Å². The van der Waals surface area contributed by atoms with Crippen LogP contribution in [0.25, 0.3) is 22.4 Å². The smallest absolute Gasteiger partial charge is 0.258 e. The van der Waals surface area contributed by atoms with Crippen LogP contribution in [0.3, 0.4) is 0 Å². The molecule has 1 amide bonds. The molecule has 2 aromatic carbocycles. The highest BCUT2D eigenvalue weighted by Gasteiger charge is 2.17. The number of morpholine rings is 1. The SMILES string of the molecule is CCc1ccsc1NC(=O)c1cccc2[nH]c(-c3cccc(N4CCOCC4)c3)nc12. The first-order valence-electron chi connectivity index (χ1n) is 10.5. The Morgan fingerprint density at radius 3 is 2.87 bits per heavy atom. The Morgan fingerprint density at radius 2 is 2.03 bits per heavy atom. The van der Waals surface area contributed by atoms with E-state index in [1.165, 1.54) is 0 Å². The average Bonchev–Trinajstić information content (AvgIpc) is 3.46. The second-order valence-corrected chi connectivity index (χ2v) is 8.44. The monoisotopic (exact) mass is 432 g/mol. The number of nitrogens with zero attached hydrogens (tertiary/aromatic N) is 2. The number of amides is 1. The van der Waals surface area contributed by atoms with E-state index in [4.69, 9.17) is 9.72 Å². The number of H-pyrrole nitrogens is 1. The Labute approximate surface area is 184 Å². The van der Waals surface area contributed by atoms with E-state index in [-0.39, 0.29) is 5.91 Å². The zero-order chi connectivity index (χ0) is 21.2. The minimum absolute atomic E-state index is 0.136. The lowest BCUT2D eigenvalue weighted by molar-refractivity contribution is 0.102. The molecule has 4 aromatic rings. The predicted octanol–water partition coefficient (Wildman–Crippen LogP) is 4.94. The second-order valence-electron chi connectivity index (χ2n) is 7.52. The zero-order valence-corrected chi connectivity index (χ0v) is 18.2. The maximum absolute atomic E-state index is 13.0. The van der Waals surface area contributed by atoms with Crippen LogP contribution in [0.1, 0.15) is 22.8 Å². The molecule has 0 aliphatic carbocycles. The van der Waals surface area contributed by atoms with Crippen molar-refractivity contribution < 1.29 is 9.53 Å². The molecule has 5 rings (SSSR count). The van der Waals surface area contributed by atoms with Gasteiger partial charge in [-0.3, -0.25) is 4.79 Å². The van der Waals surface area contributed by atoms with Gasteiger partial charge in [0, 0.05) is 24.3 Å². The fourth-order valence-electron chi connectivity index (χ4n) is 3.92. The number of para-hydroxylation sites is 1. The summed E-state index contributed by atoms with van der Waals surface area (Å²) in [5.41, 5.74) is 5.40. The molecule has 0 saturated carbocycles. The van der Waals surface area contributed by atoms with E-state index in [9.17, 15) is 4.79 Å². The predicted molar refractivity (Wildman–Crippen MR) is 126 cm³/mol. The van der Waals surface area contributed by atoms with E-state index < -0.39 is 0 Å². The molecule has 6 nitrogen and oxygen atoms in total. The third kappa shape index (κ3) is 3.94. The van der Waals surface area contributed by atoms with E-state index in [0.29, 0.717) is 11.1 Å². The lowest BCUT2D eigenvalue weighted by Crippen LogP contribution is -2.36. The van der Waals surface area contributed by atoms with Gasteiger partial charge in [-0.1, -0.05) is 25.1 Å². The van der Waals surface area contributed by atoms with Gasteiger partial charge in [-0.25, -0.2) is 4.98 Å². The number of thiophene rings is 1. The molecule has 1 fully saturated rings. The molecule has 31 heavy (non-hydrogen) atoms. The first kappa shape index (κ1) is 19.8. The molecule has 158 valence electrons. The summed E-state index contributed by atoms with van der Waals surface area (Å²) in [6.07, 6.45) is 0.884. The third-order valence-corrected chi connectivity index (χ3v) is 6.48. The third-order valence-electron chi connectivity index (χ3n) is 5.61. The summed E-state index contributed by atoms with van der Waals surface area (Å²) in [6, 6.07) is 16.1. The summed E-state index contributed by atoms with van der Waals surface area (Å²) in [6.45, 7) is 5.35. The summed E-state index contributed by atoms with van der Waals surface area (Å²) < 4.78 is 5.47. The number of aromatic nitrogens is 2. The van der Waals surface area contributed by atoms with Crippen molar-refractivity contribution >= 4 is 39.0 Å². The lowest BCUT2D eigenvalue weighted by atomic mass is 10.1. The van der Waals surface area contributed by atoms with Crippen LogP contribution >= 0.6 is 11.3 Å². The Balaban J connectivity index is 1.46. The van der Waals surface area contributed by atoms with E-state index >= 15 is 0 Å². The van der Waals surface area contributed by atoms with Gasteiger partial charge in [0.05, 0.1) is 29.3 Å². The molecule has 0 radical (unpaired) electrons. The van der Waals surface area contributed by atoms with E-state index in [2.05, 4.69) is 40.3 Å². The fraction of sp³-hybridized carbons (Fsp3) is 0.250. The van der Waals surface area contributed by atoms with Crippen LogP contribution in [-0.4, -0.2) is 42.2 Å². The molecule has 0 atom stereocenters. The number of hydrogen-bond donors (Lipinski definition) is 2. The van der Waals surface area contributed by atoms with E-state index in [1.807, 2.05) is 35.7 Å². The summed E-state index contributed by atoms with van der Waals surface area (Å²) in [7, 11) is 0. The number of anilines is 2. The molecule has 1 aliphatic heterocycles. The van der Waals surface area contributed by atoms with Crippen LogP contribution in [-0.2, 0) is 11.2 Å². The summed E-state index contributed by atoms with van der Waals surface area (Å²) in [5, 5.41) is 5.96.